The Balaban J connectivity index is 1.48. The topological polar surface area (TPSA) is 85.4 Å². The van der Waals surface area contributed by atoms with Crippen molar-refractivity contribution in [2.45, 2.75) is 11.4 Å². The molecule has 8 nitrogen and oxygen atoms in total. The van der Waals surface area contributed by atoms with Crippen LogP contribution in [0.15, 0.2) is 71.6 Å². The first-order valence-corrected chi connectivity index (χ1v) is 12.2. The van der Waals surface area contributed by atoms with Crippen molar-refractivity contribution in [3.05, 3.63) is 83.7 Å². The average molecular weight is 501 g/mol. The quantitative estimate of drug-likeness (QED) is 0.416. The second kappa shape index (κ2) is 10.3. The van der Waals surface area contributed by atoms with Gasteiger partial charge in [0.2, 0.25) is 6.79 Å². The molecule has 10 heteroatoms. The summed E-state index contributed by atoms with van der Waals surface area (Å²) < 4.78 is 53.8. The third kappa shape index (κ3) is 6.09. The van der Waals surface area contributed by atoms with Crippen LogP contribution in [0.1, 0.15) is 15.9 Å². The average Bonchev–Trinajstić information content (AvgIpc) is 3.30. The summed E-state index contributed by atoms with van der Waals surface area (Å²) in [6.07, 6.45) is 0. The van der Waals surface area contributed by atoms with Crippen LogP contribution in [-0.4, -0.2) is 58.1 Å². The molecule has 0 bridgehead atoms. The van der Waals surface area contributed by atoms with Crippen molar-refractivity contribution in [1.29, 1.82) is 0 Å². The van der Waals surface area contributed by atoms with E-state index in [4.69, 9.17) is 13.7 Å². The van der Waals surface area contributed by atoms with Crippen molar-refractivity contribution in [3.8, 4) is 17.2 Å². The molecule has 1 aliphatic heterocycles. The van der Waals surface area contributed by atoms with Gasteiger partial charge in [0.1, 0.15) is 16.5 Å². The second-order valence-corrected chi connectivity index (χ2v) is 9.78. The number of hydrogen-bond acceptors (Lipinski definition) is 7. The third-order valence-electron chi connectivity index (χ3n) is 5.33. The van der Waals surface area contributed by atoms with Crippen LogP contribution in [0.5, 0.6) is 17.2 Å². The zero-order valence-electron chi connectivity index (χ0n) is 19.3. The minimum atomic E-state index is -4.10. The first kappa shape index (κ1) is 24.5. The van der Waals surface area contributed by atoms with E-state index >= 15 is 0 Å². The van der Waals surface area contributed by atoms with E-state index in [0.717, 1.165) is 29.8 Å². The molecule has 0 aromatic heterocycles. The van der Waals surface area contributed by atoms with Crippen LogP contribution in [0.2, 0.25) is 0 Å². The summed E-state index contributed by atoms with van der Waals surface area (Å²) in [6.45, 7) is 1.58. The molecule has 184 valence electrons. The van der Waals surface area contributed by atoms with Gasteiger partial charge in [-0.2, -0.15) is 8.42 Å². The summed E-state index contributed by atoms with van der Waals surface area (Å²) in [5, 5.41) is 0. The van der Waals surface area contributed by atoms with E-state index in [9.17, 15) is 17.6 Å². The van der Waals surface area contributed by atoms with Crippen molar-refractivity contribution in [2.24, 2.45) is 0 Å². The lowest BCUT2D eigenvalue weighted by molar-refractivity contribution is 0.0731. The lowest BCUT2D eigenvalue weighted by Crippen LogP contribution is -2.36. The fraction of sp³-hybridized carbons (Fsp3) is 0.240. The molecule has 0 atom stereocenters. The molecule has 1 aliphatic rings. The Morgan fingerprint density at radius 1 is 0.943 bits per heavy atom. The summed E-state index contributed by atoms with van der Waals surface area (Å²) in [6, 6.07) is 15.9. The highest BCUT2D eigenvalue weighted by Gasteiger charge is 2.21. The molecule has 1 amide bonds. The van der Waals surface area contributed by atoms with Crippen molar-refractivity contribution in [2.75, 3.05) is 34.0 Å². The van der Waals surface area contributed by atoms with E-state index in [1.807, 2.05) is 19.0 Å². The largest absolute Gasteiger partial charge is 0.454 e. The highest BCUT2D eigenvalue weighted by molar-refractivity contribution is 7.87. The number of carbonyl (C=O) groups excluding carboxylic acids is 1. The standard InChI is InChI=1S/C25H25FN2O6S/c1-27(2)13-14-28(25(29)19-5-12-23-24(15-19)33-17-32-23)16-18-3-8-21(9-4-18)34-35(30,31)22-10-6-20(26)7-11-22/h3-12,15H,13-14,16-17H2,1-2H3. The van der Waals surface area contributed by atoms with E-state index in [0.29, 0.717) is 36.7 Å². The van der Waals surface area contributed by atoms with Gasteiger partial charge in [-0.25, -0.2) is 4.39 Å². The highest BCUT2D eigenvalue weighted by atomic mass is 32.2. The zero-order valence-corrected chi connectivity index (χ0v) is 20.1. The molecule has 0 fully saturated rings. The minimum absolute atomic E-state index is 0.111. The maximum absolute atomic E-state index is 13.3. The maximum Gasteiger partial charge on any atom is 0.339 e. The smallest absolute Gasteiger partial charge is 0.339 e. The Bertz CT molecular complexity index is 1290. The monoisotopic (exact) mass is 500 g/mol. The summed E-state index contributed by atoms with van der Waals surface area (Å²) in [7, 11) is -0.242. The van der Waals surface area contributed by atoms with Gasteiger partial charge in [0.15, 0.2) is 11.5 Å². The lowest BCUT2D eigenvalue weighted by atomic mass is 10.1. The molecular formula is C25H25FN2O6S. The molecule has 0 unspecified atom stereocenters. The van der Waals surface area contributed by atoms with Crippen molar-refractivity contribution in [1.82, 2.24) is 9.80 Å². The zero-order chi connectivity index (χ0) is 25.0. The predicted octanol–water partition coefficient (Wildman–Crippen LogP) is 3.53. The molecular weight excluding hydrogens is 475 g/mol. The first-order valence-electron chi connectivity index (χ1n) is 10.8. The van der Waals surface area contributed by atoms with Crippen LogP contribution >= 0.6 is 0 Å². The summed E-state index contributed by atoms with van der Waals surface area (Å²) in [5.74, 6) is 0.548. The van der Waals surface area contributed by atoms with Crippen LogP contribution in [0.3, 0.4) is 0 Å². The van der Waals surface area contributed by atoms with E-state index in [-0.39, 0.29) is 23.3 Å². The molecule has 0 saturated heterocycles. The van der Waals surface area contributed by atoms with Crippen LogP contribution in [0, 0.1) is 5.82 Å². The van der Waals surface area contributed by atoms with Crippen molar-refractivity contribution >= 4 is 16.0 Å². The van der Waals surface area contributed by atoms with Crippen LogP contribution in [-0.2, 0) is 16.7 Å². The van der Waals surface area contributed by atoms with Gasteiger partial charge in [-0.3, -0.25) is 4.79 Å². The van der Waals surface area contributed by atoms with Gasteiger partial charge in [0.05, 0.1) is 0 Å². The number of benzene rings is 3. The van der Waals surface area contributed by atoms with Crippen LogP contribution in [0.25, 0.3) is 0 Å². The second-order valence-electron chi connectivity index (χ2n) is 8.23. The fourth-order valence-corrected chi connectivity index (χ4v) is 4.36. The number of fused-ring (bicyclic) bond motifs is 1. The predicted molar refractivity (Wildman–Crippen MR) is 127 cm³/mol. The first-order chi connectivity index (χ1) is 16.7. The van der Waals surface area contributed by atoms with Gasteiger partial charge in [-0.05, 0) is 74.3 Å². The molecule has 4 rings (SSSR count). The van der Waals surface area contributed by atoms with Crippen LogP contribution < -0.4 is 13.7 Å². The van der Waals surface area contributed by atoms with E-state index in [1.165, 1.54) is 12.1 Å². The number of amides is 1. The third-order valence-corrected chi connectivity index (χ3v) is 6.59. The number of ether oxygens (including phenoxy) is 2. The number of halogens is 1. The van der Waals surface area contributed by atoms with Gasteiger partial charge >= 0.3 is 10.1 Å². The molecule has 0 spiro atoms. The van der Waals surface area contributed by atoms with Crippen LogP contribution in [0.4, 0.5) is 4.39 Å². The number of nitrogens with zero attached hydrogens (tertiary/aromatic N) is 2. The molecule has 3 aromatic rings. The Morgan fingerprint density at radius 2 is 1.63 bits per heavy atom. The van der Waals surface area contributed by atoms with Gasteiger partial charge in [-0.1, -0.05) is 12.1 Å². The number of hydrogen-bond donors (Lipinski definition) is 0. The number of rotatable bonds is 9. The lowest BCUT2D eigenvalue weighted by Gasteiger charge is -2.25. The van der Waals surface area contributed by atoms with Gasteiger partial charge in [0.25, 0.3) is 5.91 Å². The summed E-state index contributed by atoms with van der Waals surface area (Å²) >= 11 is 0. The minimum Gasteiger partial charge on any atom is -0.454 e. The summed E-state index contributed by atoms with van der Waals surface area (Å²) in [5.41, 5.74) is 1.28. The normalized spacial score (nSPS) is 12.6. The molecule has 0 saturated carbocycles. The summed E-state index contributed by atoms with van der Waals surface area (Å²) in [4.78, 5) is 16.8. The molecule has 35 heavy (non-hydrogen) atoms. The van der Waals surface area contributed by atoms with Gasteiger partial charge in [0, 0.05) is 25.2 Å². The van der Waals surface area contributed by atoms with Crippen molar-refractivity contribution < 1.29 is 31.3 Å². The Morgan fingerprint density at radius 3 is 2.31 bits per heavy atom. The molecule has 0 N–H and O–H groups in total. The van der Waals surface area contributed by atoms with E-state index in [1.54, 1.807) is 35.2 Å². The van der Waals surface area contributed by atoms with Crippen molar-refractivity contribution in [3.63, 3.8) is 0 Å². The highest BCUT2D eigenvalue weighted by Crippen LogP contribution is 2.33. The Kier molecular flexibility index (Phi) is 7.23. The van der Waals surface area contributed by atoms with Gasteiger partial charge in [-0.15, -0.1) is 0 Å². The molecule has 0 radical (unpaired) electrons. The molecule has 0 aliphatic carbocycles. The Labute approximate surface area is 203 Å². The SMILES string of the molecule is CN(C)CCN(Cc1ccc(OS(=O)(=O)c2ccc(F)cc2)cc1)C(=O)c1ccc2c(c1)OCO2. The maximum atomic E-state index is 13.3. The Hall–Kier alpha value is -3.63. The number of carbonyl (C=O) groups is 1. The molecule has 1 heterocycles. The van der Waals surface area contributed by atoms with Gasteiger partial charge < -0.3 is 23.5 Å². The van der Waals surface area contributed by atoms with E-state index < -0.39 is 15.9 Å². The fourth-order valence-electron chi connectivity index (χ4n) is 3.43. The number of likely N-dealkylation sites (N-methyl/N-ethyl adjacent to an activating group) is 1. The molecule has 3 aromatic carbocycles. The van der Waals surface area contributed by atoms with E-state index in [2.05, 4.69) is 0 Å².